The van der Waals surface area contributed by atoms with Crippen LogP contribution in [-0.4, -0.2) is 39.6 Å². The molecule has 0 spiro atoms. The van der Waals surface area contributed by atoms with Gasteiger partial charge in [0.15, 0.2) is 0 Å². The first-order valence-electron chi connectivity index (χ1n) is 5.74. The van der Waals surface area contributed by atoms with Crippen LogP contribution in [0.5, 0.6) is 0 Å². The molecule has 0 amide bonds. The van der Waals surface area contributed by atoms with Crippen LogP contribution in [0.25, 0.3) is 11.4 Å². The molecule has 6 nitrogen and oxygen atoms in total. The maximum atomic E-state index is 9.22. The van der Waals surface area contributed by atoms with E-state index < -0.39 is 6.10 Å². The number of alkyl halides is 1. The van der Waals surface area contributed by atoms with Crippen LogP contribution in [-0.2, 0) is 5.88 Å². The minimum absolute atomic E-state index is 0.186. The van der Waals surface area contributed by atoms with Crippen molar-refractivity contribution in [2.45, 2.75) is 12.0 Å². The summed E-state index contributed by atoms with van der Waals surface area (Å²) in [7, 11) is 0. The number of hydrogen-bond donors (Lipinski definition) is 3. The van der Waals surface area contributed by atoms with E-state index in [0.717, 1.165) is 11.3 Å². The molecule has 0 fully saturated rings. The topological polar surface area (TPSA) is 91.4 Å². The zero-order valence-corrected chi connectivity index (χ0v) is 10.8. The quantitative estimate of drug-likeness (QED) is 0.691. The second kappa shape index (κ2) is 6.51. The van der Waals surface area contributed by atoms with Crippen LogP contribution in [0, 0.1) is 0 Å². The van der Waals surface area contributed by atoms with Gasteiger partial charge in [0, 0.05) is 17.8 Å². The van der Waals surface area contributed by atoms with Crippen LogP contribution in [0.2, 0.25) is 0 Å². The molecule has 0 aliphatic carbocycles. The number of anilines is 1. The van der Waals surface area contributed by atoms with Crippen molar-refractivity contribution in [3.63, 3.8) is 0 Å². The number of benzene rings is 1. The number of hydrogen-bond acceptors (Lipinski definition) is 6. The van der Waals surface area contributed by atoms with Crippen molar-refractivity contribution < 1.29 is 14.7 Å². The maximum Gasteiger partial charge on any atom is 0.241 e. The van der Waals surface area contributed by atoms with Crippen molar-refractivity contribution in [2.75, 3.05) is 18.5 Å². The Labute approximate surface area is 115 Å². The highest BCUT2D eigenvalue weighted by Crippen LogP contribution is 2.19. The Morgan fingerprint density at radius 3 is 2.63 bits per heavy atom. The minimum Gasteiger partial charge on any atom is -0.394 e. The van der Waals surface area contributed by atoms with E-state index in [1.165, 1.54) is 0 Å². The Hall–Kier alpha value is -1.63. The molecule has 1 unspecified atom stereocenters. The Balaban J connectivity index is 2.01. The van der Waals surface area contributed by atoms with Gasteiger partial charge in [-0.05, 0) is 24.3 Å². The summed E-state index contributed by atoms with van der Waals surface area (Å²) < 4.78 is 4.92. The second-order valence-electron chi connectivity index (χ2n) is 3.94. The fraction of sp³-hybridized carbons (Fsp3) is 0.333. The number of nitrogens with zero attached hydrogens (tertiary/aromatic N) is 2. The van der Waals surface area contributed by atoms with Crippen LogP contribution in [0.4, 0.5) is 5.69 Å². The summed E-state index contributed by atoms with van der Waals surface area (Å²) in [6, 6.07) is 7.32. The fourth-order valence-electron chi connectivity index (χ4n) is 1.46. The van der Waals surface area contributed by atoms with Gasteiger partial charge in [0.2, 0.25) is 11.7 Å². The van der Waals surface area contributed by atoms with Gasteiger partial charge < -0.3 is 20.1 Å². The maximum absolute atomic E-state index is 9.22. The minimum atomic E-state index is -0.775. The van der Waals surface area contributed by atoms with Crippen molar-refractivity contribution in [3.8, 4) is 11.4 Å². The Morgan fingerprint density at radius 2 is 2.05 bits per heavy atom. The molecule has 2 rings (SSSR count). The van der Waals surface area contributed by atoms with Crippen molar-refractivity contribution >= 4 is 17.3 Å². The molecule has 1 aromatic carbocycles. The molecular formula is C12H14ClN3O3. The van der Waals surface area contributed by atoms with E-state index in [2.05, 4.69) is 15.5 Å². The molecule has 0 saturated carbocycles. The van der Waals surface area contributed by atoms with Gasteiger partial charge in [-0.25, -0.2) is 0 Å². The predicted molar refractivity (Wildman–Crippen MR) is 70.9 cm³/mol. The van der Waals surface area contributed by atoms with E-state index in [1.54, 1.807) is 0 Å². The van der Waals surface area contributed by atoms with Crippen LogP contribution >= 0.6 is 11.6 Å². The zero-order valence-electron chi connectivity index (χ0n) is 10.1. The van der Waals surface area contributed by atoms with Crippen LogP contribution < -0.4 is 5.32 Å². The number of aliphatic hydroxyl groups excluding tert-OH is 2. The van der Waals surface area contributed by atoms with Gasteiger partial charge >= 0.3 is 0 Å². The summed E-state index contributed by atoms with van der Waals surface area (Å²) in [6.45, 7) is 0.0175. The van der Waals surface area contributed by atoms with E-state index in [0.29, 0.717) is 11.7 Å². The van der Waals surface area contributed by atoms with Crippen LogP contribution in [0.3, 0.4) is 0 Å². The van der Waals surface area contributed by atoms with Crippen molar-refractivity contribution in [2.24, 2.45) is 0 Å². The average molecular weight is 284 g/mol. The molecule has 1 aromatic heterocycles. The summed E-state index contributed by atoms with van der Waals surface area (Å²) in [5.41, 5.74) is 1.64. The van der Waals surface area contributed by atoms with E-state index in [9.17, 15) is 5.11 Å². The van der Waals surface area contributed by atoms with Gasteiger partial charge in [0.25, 0.3) is 0 Å². The molecule has 1 heterocycles. The molecule has 0 aliphatic heterocycles. The normalized spacial score (nSPS) is 12.4. The fourth-order valence-corrected chi connectivity index (χ4v) is 1.57. The van der Waals surface area contributed by atoms with Crippen molar-refractivity contribution in [1.82, 2.24) is 10.1 Å². The Morgan fingerprint density at radius 1 is 1.32 bits per heavy atom. The number of halogens is 1. The Bertz CT molecular complexity index is 515. The van der Waals surface area contributed by atoms with Gasteiger partial charge in [-0.2, -0.15) is 4.98 Å². The highest BCUT2D eigenvalue weighted by molar-refractivity contribution is 6.16. The first-order chi connectivity index (χ1) is 9.22. The lowest BCUT2D eigenvalue weighted by Crippen LogP contribution is -2.22. The van der Waals surface area contributed by atoms with E-state index in [-0.39, 0.29) is 19.0 Å². The first-order valence-corrected chi connectivity index (χ1v) is 6.28. The molecule has 0 aliphatic rings. The Kier molecular flexibility index (Phi) is 4.73. The molecular weight excluding hydrogens is 270 g/mol. The highest BCUT2D eigenvalue weighted by Gasteiger charge is 2.07. The number of rotatable bonds is 6. The van der Waals surface area contributed by atoms with Crippen LogP contribution in [0.1, 0.15) is 5.89 Å². The van der Waals surface area contributed by atoms with Crippen LogP contribution in [0.15, 0.2) is 28.8 Å². The number of aromatic nitrogens is 2. The lowest BCUT2D eigenvalue weighted by atomic mass is 10.2. The predicted octanol–water partition coefficient (Wildman–Crippen LogP) is 1.24. The number of nitrogens with one attached hydrogen (secondary N) is 1. The second-order valence-corrected chi connectivity index (χ2v) is 4.21. The molecule has 19 heavy (non-hydrogen) atoms. The molecule has 0 saturated heterocycles. The van der Waals surface area contributed by atoms with Gasteiger partial charge in [-0.1, -0.05) is 5.16 Å². The molecule has 0 bridgehead atoms. The largest absolute Gasteiger partial charge is 0.394 e. The molecule has 7 heteroatoms. The lowest BCUT2D eigenvalue weighted by molar-refractivity contribution is 0.105. The first kappa shape index (κ1) is 13.8. The van der Waals surface area contributed by atoms with Gasteiger partial charge in [-0.3, -0.25) is 0 Å². The van der Waals surface area contributed by atoms with E-state index in [4.69, 9.17) is 21.2 Å². The summed E-state index contributed by atoms with van der Waals surface area (Å²) in [5.74, 6) is 1.05. The smallest absolute Gasteiger partial charge is 0.241 e. The molecule has 102 valence electrons. The third-order valence-corrected chi connectivity index (χ3v) is 2.71. The van der Waals surface area contributed by atoms with Crippen molar-refractivity contribution in [1.29, 1.82) is 0 Å². The summed E-state index contributed by atoms with van der Waals surface area (Å²) in [5, 5.41) is 24.7. The monoisotopic (exact) mass is 283 g/mol. The van der Waals surface area contributed by atoms with E-state index in [1.807, 2.05) is 24.3 Å². The number of aliphatic hydroxyl groups is 2. The molecule has 3 N–H and O–H groups in total. The molecule has 0 radical (unpaired) electrons. The third-order valence-electron chi connectivity index (χ3n) is 2.48. The van der Waals surface area contributed by atoms with Gasteiger partial charge in [0.05, 0.1) is 12.7 Å². The summed E-state index contributed by atoms with van der Waals surface area (Å²) in [4.78, 5) is 4.11. The summed E-state index contributed by atoms with van der Waals surface area (Å²) in [6.07, 6.45) is -0.775. The molecule has 2 aromatic rings. The van der Waals surface area contributed by atoms with Crippen molar-refractivity contribution in [3.05, 3.63) is 30.2 Å². The third kappa shape index (κ3) is 3.66. The molecule has 1 atom stereocenters. The van der Waals surface area contributed by atoms with Gasteiger partial charge in [0.1, 0.15) is 5.88 Å². The average Bonchev–Trinajstić information content (AvgIpc) is 2.94. The highest BCUT2D eigenvalue weighted by atomic mass is 35.5. The SMILES string of the molecule is OCC(O)CNc1ccc(-c2noc(CCl)n2)cc1. The summed E-state index contributed by atoms with van der Waals surface area (Å²) >= 11 is 5.59. The lowest BCUT2D eigenvalue weighted by Gasteiger charge is -2.10. The van der Waals surface area contributed by atoms with Gasteiger partial charge in [-0.15, -0.1) is 11.6 Å². The van der Waals surface area contributed by atoms with E-state index >= 15 is 0 Å². The standard InChI is InChI=1S/C12H14ClN3O3/c13-5-11-15-12(16-19-11)8-1-3-9(4-2-8)14-6-10(18)7-17/h1-4,10,14,17-18H,5-7H2. The zero-order chi connectivity index (χ0) is 13.7.